The Morgan fingerprint density at radius 3 is 2.08 bits per heavy atom. The van der Waals surface area contributed by atoms with Crippen molar-refractivity contribution in [2.45, 2.75) is 45.5 Å². The molecule has 0 radical (unpaired) electrons. The summed E-state index contributed by atoms with van der Waals surface area (Å²) in [4.78, 5) is 37.4. The molecule has 9 nitrogen and oxygen atoms in total. The molecule has 1 amide bonds. The fourth-order valence-corrected chi connectivity index (χ4v) is 3.88. The number of alkyl halides is 3. The molecule has 0 unspecified atom stereocenters. The Labute approximate surface area is 208 Å². The van der Waals surface area contributed by atoms with Gasteiger partial charge in [0.25, 0.3) is 5.91 Å². The van der Waals surface area contributed by atoms with E-state index in [1.807, 2.05) is 42.4 Å². The lowest BCUT2D eigenvalue weighted by Crippen LogP contribution is -2.51. The molecule has 1 saturated heterocycles. The normalized spacial score (nSPS) is 16.5. The Morgan fingerprint density at radius 2 is 1.64 bits per heavy atom. The van der Waals surface area contributed by atoms with Crippen molar-refractivity contribution in [3.63, 3.8) is 0 Å². The van der Waals surface area contributed by atoms with Gasteiger partial charge < -0.3 is 19.5 Å². The number of hydrogen-bond acceptors (Lipinski definition) is 6. The molecule has 1 saturated carbocycles. The van der Waals surface area contributed by atoms with E-state index in [0.717, 1.165) is 49.5 Å². The zero-order chi connectivity index (χ0) is 26.6. The van der Waals surface area contributed by atoms with Crippen molar-refractivity contribution in [2.75, 3.05) is 45.2 Å². The molecule has 0 bridgehead atoms. The number of aliphatic carboxylic acids is 1. The second kappa shape index (κ2) is 11.3. The summed E-state index contributed by atoms with van der Waals surface area (Å²) in [5.41, 5.74) is 2.76. The smallest absolute Gasteiger partial charge is 0.475 e. The molecular weight excluding hydrogens is 477 g/mol. The van der Waals surface area contributed by atoms with Gasteiger partial charge in [0.1, 0.15) is 5.69 Å². The Bertz CT molecular complexity index is 1040. The first-order valence-corrected chi connectivity index (χ1v) is 11.9. The molecule has 4 rings (SSSR count). The number of nitrogens with zero attached hydrogens (tertiary/aromatic N) is 6. The fourth-order valence-electron chi connectivity index (χ4n) is 3.88. The fraction of sp³-hybridized carbons (Fsp3) is 0.583. The van der Waals surface area contributed by atoms with Gasteiger partial charge >= 0.3 is 12.1 Å². The quantitative estimate of drug-likeness (QED) is 0.638. The zero-order valence-corrected chi connectivity index (χ0v) is 21.0. The molecule has 3 heterocycles. The van der Waals surface area contributed by atoms with Crippen LogP contribution in [0.5, 0.6) is 0 Å². The molecule has 0 atom stereocenters. The molecular formula is C24H33F3N6O3. The van der Waals surface area contributed by atoms with E-state index in [1.54, 1.807) is 0 Å². The SMILES string of the molecule is CC(C)N1CCN(C(=O)c2cc(-c3cnc(N(C)C)nc3)cn2CC2CC2)CC1.O=C(O)C(F)(F)F. The molecule has 1 N–H and O–H groups in total. The van der Waals surface area contributed by atoms with E-state index < -0.39 is 12.1 Å². The van der Waals surface area contributed by atoms with Crippen LogP contribution >= 0.6 is 0 Å². The molecule has 36 heavy (non-hydrogen) atoms. The number of carboxylic acid groups (broad SMARTS) is 1. The van der Waals surface area contributed by atoms with Gasteiger partial charge in [-0.05, 0) is 38.7 Å². The summed E-state index contributed by atoms with van der Waals surface area (Å²) in [6.45, 7) is 8.83. The van der Waals surface area contributed by atoms with Crippen LogP contribution in [0.3, 0.4) is 0 Å². The number of halogens is 3. The summed E-state index contributed by atoms with van der Waals surface area (Å²) in [6.07, 6.45) is 3.22. The summed E-state index contributed by atoms with van der Waals surface area (Å²) in [6, 6.07) is 2.55. The maximum atomic E-state index is 13.3. The zero-order valence-electron chi connectivity index (χ0n) is 21.0. The van der Waals surface area contributed by atoms with E-state index in [9.17, 15) is 18.0 Å². The van der Waals surface area contributed by atoms with Crippen LogP contribution in [-0.2, 0) is 11.3 Å². The van der Waals surface area contributed by atoms with E-state index in [1.165, 1.54) is 12.8 Å². The molecule has 1 aliphatic heterocycles. The first-order chi connectivity index (χ1) is 16.9. The minimum absolute atomic E-state index is 0.145. The molecule has 2 aromatic heterocycles. The van der Waals surface area contributed by atoms with E-state index in [-0.39, 0.29) is 5.91 Å². The van der Waals surface area contributed by atoms with Gasteiger partial charge in [-0.25, -0.2) is 14.8 Å². The molecule has 0 aromatic carbocycles. The largest absolute Gasteiger partial charge is 0.490 e. The summed E-state index contributed by atoms with van der Waals surface area (Å²) in [5.74, 6) is -1.23. The first-order valence-electron chi connectivity index (χ1n) is 11.9. The minimum atomic E-state index is -5.08. The second-order valence-electron chi connectivity index (χ2n) is 9.60. The van der Waals surface area contributed by atoms with Gasteiger partial charge in [-0.3, -0.25) is 9.69 Å². The van der Waals surface area contributed by atoms with Crippen LogP contribution in [0.2, 0.25) is 0 Å². The highest BCUT2D eigenvalue weighted by molar-refractivity contribution is 5.94. The predicted molar refractivity (Wildman–Crippen MR) is 129 cm³/mol. The maximum Gasteiger partial charge on any atom is 0.490 e. The van der Waals surface area contributed by atoms with Crippen molar-refractivity contribution in [3.05, 3.63) is 30.4 Å². The third-order valence-electron chi connectivity index (χ3n) is 6.21. The van der Waals surface area contributed by atoms with Crippen LogP contribution < -0.4 is 4.90 Å². The van der Waals surface area contributed by atoms with Crippen molar-refractivity contribution in [3.8, 4) is 11.1 Å². The summed E-state index contributed by atoms with van der Waals surface area (Å²) in [7, 11) is 3.86. The molecule has 1 aliphatic carbocycles. The van der Waals surface area contributed by atoms with Crippen molar-refractivity contribution < 1.29 is 27.9 Å². The van der Waals surface area contributed by atoms with Crippen molar-refractivity contribution in [1.82, 2.24) is 24.3 Å². The topological polar surface area (TPSA) is 94.8 Å². The van der Waals surface area contributed by atoms with Crippen LogP contribution in [0.25, 0.3) is 11.1 Å². The van der Waals surface area contributed by atoms with E-state index in [2.05, 4.69) is 39.5 Å². The van der Waals surface area contributed by atoms with Crippen LogP contribution in [0.15, 0.2) is 24.7 Å². The van der Waals surface area contributed by atoms with Crippen LogP contribution in [0.1, 0.15) is 37.2 Å². The van der Waals surface area contributed by atoms with Gasteiger partial charge in [-0.1, -0.05) is 0 Å². The number of carbonyl (C=O) groups excluding carboxylic acids is 1. The van der Waals surface area contributed by atoms with Gasteiger partial charge in [-0.2, -0.15) is 13.2 Å². The number of aromatic nitrogens is 3. The molecule has 0 spiro atoms. The van der Waals surface area contributed by atoms with Gasteiger partial charge in [0.2, 0.25) is 5.95 Å². The van der Waals surface area contributed by atoms with Crippen LogP contribution in [0, 0.1) is 5.92 Å². The number of rotatable bonds is 6. The highest BCUT2D eigenvalue weighted by atomic mass is 19.4. The number of piperazine rings is 1. The van der Waals surface area contributed by atoms with E-state index >= 15 is 0 Å². The lowest BCUT2D eigenvalue weighted by molar-refractivity contribution is -0.192. The van der Waals surface area contributed by atoms with Crippen LogP contribution in [0.4, 0.5) is 19.1 Å². The van der Waals surface area contributed by atoms with E-state index in [0.29, 0.717) is 17.9 Å². The average Bonchev–Trinajstić information content (AvgIpc) is 3.55. The minimum Gasteiger partial charge on any atom is -0.475 e. The number of anilines is 1. The van der Waals surface area contributed by atoms with Gasteiger partial charge in [0.05, 0.1) is 0 Å². The van der Waals surface area contributed by atoms with E-state index in [4.69, 9.17) is 9.90 Å². The standard InChI is InChI=1S/C22H32N6O.C2HF3O2/c1-16(2)26-7-9-27(10-8-26)21(29)20-11-18(15-28(20)14-17-5-6-17)19-12-23-22(24-13-19)25(3)4;3-2(4,5)1(6)7/h11-13,15-17H,5-10,14H2,1-4H3;(H,6,7). The third-order valence-corrected chi connectivity index (χ3v) is 6.21. The Kier molecular flexibility index (Phi) is 8.59. The first kappa shape index (κ1) is 27.4. The molecule has 2 aliphatic rings. The van der Waals surface area contributed by atoms with Crippen molar-refractivity contribution in [1.29, 1.82) is 0 Å². The third kappa shape index (κ3) is 7.19. The lowest BCUT2D eigenvalue weighted by Gasteiger charge is -2.37. The Morgan fingerprint density at radius 1 is 1.08 bits per heavy atom. The average molecular weight is 511 g/mol. The summed E-state index contributed by atoms with van der Waals surface area (Å²) < 4.78 is 33.9. The van der Waals surface area contributed by atoms with Gasteiger partial charge in [0.15, 0.2) is 0 Å². The molecule has 12 heteroatoms. The maximum absolute atomic E-state index is 13.3. The summed E-state index contributed by atoms with van der Waals surface area (Å²) in [5, 5.41) is 7.12. The molecule has 2 fully saturated rings. The summed E-state index contributed by atoms with van der Waals surface area (Å²) >= 11 is 0. The highest BCUT2D eigenvalue weighted by Crippen LogP contribution is 2.33. The number of amides is 1. The Hall–Kier alpha value is -3.15. The number of hydrogen-bond donors (Lipinski definition) is 1. The highest BCUT2D eigenvalue weighted by Gasteiger charge is 2.38. The number of carbonyl (C=O) groups is 2. The van der Waals surface area contributed by atoms with Gasteiger partial charge in [-0.15, -0.1) is 0 Å². The monoisotopic (exact) mass is 510 g/mol. The van der Waals surface area contributed by atoms with Crippen molar-refractivity contribution >= 4 is 17.8 Å². The molecule has 2 aromatic rings. The number of carboxylic acids is 1. The second-order valence-corrected chi connectivity index (χ2v) is 9.60. The van der Waals surface area contributed by atoms with Crippen LogP contribution in [-0.4, -0.2) is 93.8 Å². The van der Waals surface area contributed by atoms with Gasteiger partial charge in [0, 0.05) is 82.6 Å². The lowest BCUT2D eigenvalue weighted by atomic mass is 10.1. The van der Waals surface area contributed by atoms with Crippen molar-refractivity contribution in [2.24, 2.45) is 5.92 Å². The predicted octanol–water partition coefficient (Wildman–Crippen LogP) is 3.22. The molecule has 198 valence electrons. The Balaban J connectivity index is 0.000000454.